The van der Waals surface area contributed by atoms with E-state index in [2.05, 4.69) is 73.6 Å². The van der Waals surface area contributed by atoms with Crippen molar-refractivity contribution < 1.29 is 57.2 Å². The van der Waals surface area contributed by atoms with E-state index in [1.54, 1.807) is 33.4 Å². The van der Waals surface area contributed by atoms with Crippen molar-refractivity contribution in [1.29, 1.82) is 0 Å². The van der Waals surface area contributed by atoms with Crippen LogP contribution in [0, 0.1) is 13.8 Å². The van der Waals surface area contributed by atoms with Gasteiger partial charge in [0.1, 0.15) is 0 Å². The second kappa shape index (κ2) is 8.75. The molecule has 0 bridgehead atoms. The summed E-state index contributed by atoms with van der Waals surface area (Å²) in [5.74, 6) is 0. The van der Waals surface area contributed by atoms with Crippen LogP contribution in [-0.4, -0.2) is 0 Å². The van der Waals surface area contributed by atoms with Gasteiger partial charge >= 0.3 is 160 Å². The predicted octanol–water partition coefficient (Wildman–Crippen LogP) is 1.11. The van der Waals surface area contributed by atoms with Gasteiger partial charge in [0.25, 0.3) is 0 Å². The summed E-state index contributed by atoms with van der Waals surface area (Å²) in [5, 5.41) is 0. The zero-order valence-electron chi connectivity index (χ0n) is 17.3. The molecule has 3 rings (SSSR count). The van der Waals surface area contributed by atoms with Crippen LogP contribution in [0.15, 0.2) is 40.0 Å². The Kier molecular flexibility index (Phi) is 8.18. The SMILES string of the molecule is CC[C]1([Zr+2][CH]2C(C)=Cc3c(C)cc(C)cc32)C(C)=C(C)C(C)=C1C.[Br-].[Br-]. The second-order valence-corrected chi connectivity index (χ2v) is 12.0. The molecule has 0 radical (unpaired) electrons. The molecular formula is C23H30Br2Zr. The van der Waals surface area contributed by atoms with E-state index in [0.29, 0.717) is 3.12 Å². The fraction of sp³-hybridized carbons (Fsp3) is 0.478. The first-order valence-electron chi connectivity index (χ1n) is 9.16. The van der Waals surface area contributed by atoms with Crippen LogP contribution in [0.4, 0.5) is 0 Å². The van der Waals surface area contributed by atoms with Gasteiger partial charge in [-0.25, -0.2) is 0 Å². The van der Waals surface area contributed by atoms with Crippen LogP contribution in [0.25, 0.3) is 6.08 Å². The van der Waals surface area contributed by atoms with E-state index >= 15 is 0 Å². The Labute approximate surface area is 192 Å². The van der Waals surface area contributed by atoms with Gasteiger partial charge in [-0.2, -0.15) is 0 Å². The third kappa shape index (κ3) is 3.62. The Bertz CT molecular complexity index is 788. The van der Waals surface area contributed by atoms with E-state index in [0.717, 1.165) is 3.63 Å². The summed E-state index contributed by atoms with van der Waals surface area (Å²) in [6, 6.07) is 4.81. The van der Waals surface area contributed by atoms with Crippen molar-refractivity contribution in [3.63, 3.8) is 0 Å². The topological polar surface area (TPSA) is 0 Å². The zero-order chi connectivity index (χ0) is 17.8. The van der Waals surface area contributed by atoms with E-state index in [1.165, 1.54) is 23.1 Å². The molecule has 1 unspecified atom stereocenters. The van der Waals surface area contributed by atoms with E-state index in [1.807, 2.05) is 0 Å². The molecule has 0 fully saturated rings. The Balaban J connectivity index is 0.00000169. The van der Waals surface area contributed by atoms with Crippen LogP contribution in [0.5, 0.6) is 0 Å². The molecule has 0 saturated carbocycles. The summed E-state index contributed by atoms with van der Waals surface area (Å²) < 4.78 is 1.14. The molecule has 0 spiro atoms. The van der Waals surface area contributed by atoms with Crippen LogP contribution < -0.4 is 34.0 Å². The maximum Gasteiger partial charge on any atom is -1.00 e. The molecular weight excluding hydrogens is 527 g/mol. The van der Waals surface area contributed by atoms with Crippen LogP contribution >= 0.6 is 0 Å². The van der Waals surface area contributed by atoms with Crippen LogP contribution in [0.3, 0.4) is 0 Å². The first-order valence-corrected chi connectivity index (χ1v) is 11.8. The van der Waals surface area contributed by atoms with Crippen molar-refractivity contribution in [2.24, 2.45) is 0 Å². The molecule has 0 heterocycles. The third-order valence-electron chi connectivity index (χ3n) is 6.59. The molecule has 2 aliphatic rings. The number of halogens is 2. The molecule has 140 valence electrons. The molecule has 1 atom stereocenters. The molecule has 0 amide bonds. The molecule has 0 saturated heterocycles. The summed E-state index contributed by atoms with van der Waals surface area (Å²) in [7, 11) is 0. The van der Waals surface area contributed by atoms with Gasteiger partial charge in [-0.05, 0) is 0 Å². The quantitative estimate of drug-likeness (QED) is 0.523. The van der Waals surface area contributed by atoms with E-state index < -0.39 is 23.2 Å². The van der Waals surface area contributed by atoms with Crippen molar-refractivity contribution in [3.05, 3.63) is 62.3 Å². The van der Waals surface area contributed by atoms with Gasteiger partial charge in [-0.15, -0.1) is 0 Å². The first kappa shape index (κ1) is 24.3. The Morgan fingerprint density at radius 1 is 0.885 bits per heavy atom. The monoisotopic (exact) mass is 554 g/mol. The number of allylic oxidation sites excluding steroid dienone is 5. The number of fused-ring (bicyclic) bond motifs is 1. The molecule has 0 N–H and O–H groups in total. The third-order valence-corrected chi connectivity index (χ3v) is 13.1. The fourth-order valence-electron chi connectivity index (χ4n) is 4.77. The molecule has 2 aliphatic carbocycles. The first-order chi connectivity index (χ1) is 11.2. The van der Waals surface area contributed by atoms with Gasteiger partial charge in [0, 0.05) is 0 Å². The van der Waals surface area contributed by atoms with Gasteiger partial charge in [0.05, 0.1) is 0 Å². The Morgan fingerprint density at radius 3 is 1.92 bits per heavy atom. The Morgan fingerprint density at radius 2 is 1.42 bits per heavy atom. The standard InChI is InChI=1S/C12H13.C11H17.2BrH.Zr/c1-8-4-10(3)12-7-9(2)6-11(12)5-8;1-6-11-9(4)7(2)8(3)10(11)5;;;/h4-7H,1-3H3;6H2,1-5H3;2*1H;/q;;;;+2/p-2. The van der Waals surface area contributed by atoms with Gasteiger partial charge < -0.3 is 34.0 Å². The van der Waals surface area contributed by atoms with E-state index in [9.17, 15) is 0 Å². The van der Waals surface area contributed by atoms with Crippen molar-refractivity contribution in [2.75, 3.05) is 0 Å². The van der Waals surface area contributed by atoms with E-state index in [4.69, 9.17) is 0 Å². The number of hydrogen-bond donors (Lipinski definition) is 0. The summed E-state index contributed by atoms with van der Waals surface area (Å²) in [5.41, 5.74) is 14.1. The average Bonchev–Trinajstić information content (AvgIpc) is 2.92. The molecule has 0 nitrogen and oxygen atoms in total. The normalized spacial score (nSPS) is 20.3. The molecule has 1 aromatic rings. The second-order valence-electron chi connectivity index (χ2n) is 7.81. The summed E-state index contributed by atoms with van der Waals surface area (Å²) in [6.45, 7) is 18.8. The minimum Gasteiger partial charge on any atom is -1.00 e. The maximum atomic E-state index is 2.48. The van der Waals surface area contributed by atoms with Gasteiger partial charge in [0.15, 0.2) is 0 Å². The minimum absolute atomic E-state index is 0. The zero-order valence-corrected chi connectivity index (χ0v) is 22.9. The Hall–Kier alpha value is 0.283. The molecule has 0 aromatic heterocycles. The van der Waals surface area contributed by atoms with Crippen molar-refractivity contribution >= 4 is 6.08 Å². The van der Waals surface area contributed by atoms with Crippen LogP contribution in [0.2, 0.25) is 3.12 Å². The summed E-state index contributed by atoms with van der Waals surface area (Å²) in [6.07, 6.45) is 3.75. The van der Waals surface area contributed by atoms with Gasteiger partial charge in [-0.3, -0.25) is 0 Å². The average molecular weight is 558 g/mol. The predicted molar refractivity (Wildman–Crippen MR) is 102 cm³/mol. The van der Waals surface area contributed by atoms with Crippen molar-refractivity contribution in [1.82, 2.24) is 0 Å². The van der Waals surface area contributed by atoms with Gasteiger partial charge in [0.2, 0.25) is 0 Å². The van der Waals surface area contributed by atoms with Crippen molar-refractivity contribution in [3.8, 4) is 0 Å². The largest absolute Gasteiger partial charge is 1.00 e. The number of benzene rings is 1. The van der Waals surface area contributed by atoms with Crippen LogP contribution in [-0.2, 0) is 23.2 Å². The number of rotatable bonds is 3. The maximum absolute atomic E-state index is 2.48. The van der Waals surface area contributed by atoms with Crippen LogP contribution in [0.1, 0.15) is 73.8 Å². The summed E-state index contributed by atoms with van der Waals surface area (Å²) >= 11 is -0.729. The van der Waals surface area contributed by atoms with E-state index in [-0.39, 0.29) is 34.0 Å². The molecule has 0 aliphatic heterocycles. The number of hydrogen-bond acceptors (Lipinski definition) is 0. The van der Waals surface area contributed by atoms with Crippen molar-refractivity contribution in [2.45, 2.75) is 68.6 Å². The number of aryl methyl sites for hydroxylation is 2. The fourth-order valence-corrected chi connectivity index (χ4v) is 10.2. The molecule has 26 heavy (non-hydrogen) atoms. The molecule has 1 aromatic carbocycles. The molecule has 3 heteroatoms. The summed E-state index contributed by atoms with van der Waals surface area (Å²) in [4.78, 5) is 0. The minimum atomic E-state index is -0.729. The smallest absolute Gasteiger partial charge is 1.00 e. The van der Waals surface area contributed by atoms with Gasteiger partial charge in [-0.1, -0.05) is 0 Å².